The summed E-state index contributed by atoms with van der Waals surface area (Å²) in [5.74, 6) is 2.39. The lowest BCUT2D eigenvalue weighted by Crippen LogP contribution is -2.24. The number of aliphatic imine (C=N–C) groups is 2. The molecule has 0 fully saturated rings. The van der Waals surface area contributed by atoms with Gasteiger partial charge in [0.05, 0.1) is 20.8 Å². The second-order valence-electron chi connectivity index (χ2n) is 5.49. The van der Waals surface area contributed by atoms with E-state index in [-0.39, 0.29) is 5.96 Å². The van der Waals surface area contributed by atoms with E-state index < -0.39 is 0 Å². The Kier molecular flexibility index (Phi) is 7.36. The van der Waals surface area contributed by atoms with Gasteiger partial charge in [-0.05, 0) is 24.1 Å². The Morgan fingerprint density at radius 3 is 2.52 bits per heavy atom. The molecule has 9 nitrogen and oxygen atoms in total. The molecule has 0 saturated carbocycles. The van der Waals surface area contributed by atoms with Crippen LogP contribution in [0.4, 0.5) is 5.82 Å². The highest BCUT2D eigenvalue weighted by Crippen LogP contribution is 2.28. The Hall–Kier alpha value is -3.36. The molecule has 0 aliphatic rings. The molecular formula is C18H24N6O3. The number of aromatic nitrogens is 2. The number of hydrogen-bond acceptors (Lipinski definition) is 6. The first-order chi connectivity index (χ1) is 13.0. The number of amidine groups is 1. The second-order valence-corrected chi connectivity index (χ2v) is 5.49. The number of rotatable bonds is 8. The van der Waals surface area contributed by atoms with Crippen molar-refractivity contribution in [2.75, 3.05) is 20.8 Å². The Morgan fingerprint density at radius 2 is 1.85 bits per heavy atom. The highest BCUT2D eigenvalue weighted by molar-refractivity contribution is 5.96. The van der Waals surface area contributed by atoms with Crippen LogP contribution in [-0.4, -0.2) is 42.6 Å². The highest BCUT2D eigenvalue weighted by Gasteiger charge is 2.08. The molecule has 0 unspecified atom stereocenters. The summed E-state index contributed by atoms with van der Waals surface area (Å²) in [5, 5.41) is 0. The fourth-order valence-corrected chi connectivity index (χ4v) is 2.24. The van der Waals surface area contributed by atoms with E-state index in [4.69, 9.17) is 25.7 Å². The van der Waals surface area contributed by atoms with Crippen molar-refractivity contribution >= 4 is 17.6 Å². The highest BCUT2D eigenvalue weighted by atomic mass is 16.5. The van der Waals surface area contributed by atoms with Gasteiger partial charge >= 0.3 is 0 Å². The van der Waals surface area contributed by atoms with E-state index in [0.29, 0.717) is 42.1 Å². The van der Waals surface area contributed by atoms with E-state index in [1.54, 1.807) is 20.3 Å². The molecule has 2 rings (SSSR count). The molecule has 0 spiro atoms. The maximum atomic E-state index is 5.54. The summed E-state index contributed by atoms with van der Waals surface area (Å²) in [6, 6.07) is 7.16. The van der Waals surface area contributed by atoms with Gasteiger partial charge in [-0.25, -0.2) is 15.0 Å². The van der Waals surface area contributed by atoms with Crippen LogP contribution in [0.15, 0.2) is 40.6 Å². The van der Waals surface area contributed by atoms with E-state index in [9.17, 15) is 0 Å². The van der Waals surface area contributed by atoms with Gasteiger partial charge in [-0.1, -0.05) is 13.0 Å². The number of hydrogen-bond donors (Lipinski definition) is 2. The molecule has 2 aromatic rings. The van der Waals surface area contributed by atoms with Crippen LogP contribution in [0.2, 0.25) is 0 Å². The number of nitrogens with two attached hydrogens (primary N) is 2. The Morgan fingerprint density at radius 1 is 1.07 bits per heavy atom. The molecule has 27 heavy (non-hydrogen) atoms. The lowest BCUT2D eigenvalue weighted by molar-refractivity contribution is 0.305. The molecule has 4 N–H and O–H groups in total. The van der Waals surface area contributed by atoms with Gasteiger partial charge in [-0.2, -0.15) is 4.99 Å². The van der Waals surface area contributed by atoms with Crippen molar-refractivity contribution in [2.45, 2.75) is 19.8 Å². The summed E-state index contributed by atoms with van der Waals surface area (Å²) < 4.78 is 16.1. The molecule has 1 heterocycles. The standard InChI is InChI=1S/C18H24N6O3/c1-4-7-27-17-10-15(21-11-22-17)23-16(24-18(19)20)9-12-5-6-13(25-2)14(8-12)26-3/h5-6,8,10-11H,4,7,9H2,1-3H3,(H4,19,20,21,22,23,24). The number of ether oxygens (including phenoxy) is 3. The van der Waals surface area contributed by atoms with E-state index >= 15 is 0 Å². The third kappa shape index (κ3) is 6.14. The normalized spacial score (nSPS) is 11.0. The summed E-state index contributed by atoms with van der Waals surface area (Å²) in [7, 11) is 3.16. The zero-order valence-corrected chi connectivity index (χ0v) is 15.7. The summed E-state index contributed by atoms with van der Waals surface area (Å²) in [6.07, 6.45) is 2.63. The number of guanidine groups is 1. The fraction of sp³-hybridized carbons (Fsp3) is 0.333. The molecule has 0 radical (unpaired) electrons. The van der Waals surface area contributed by atoms with Crippen LogP contribution in [0.1, 0.15) is 18.9 Å². The predicted octanol–water partition coefficient (Wildman–Crippen LogP) is 1.83. The molecular weight excluding hydrogens is 348 g/mol. The molecule has 0 aliphatic carbocycles. The van der Waals surface area contributed by atoms with E-state index in [0.717, 1.165) is 12.0 Å². The SMILES string of the molecule is CCCOc1cc(/N=C(\Cc2ccc(OC)c(OC)c2)N=C(N)N)ncn1. The zero-order valence-electron chi connectivity index (χ0n) is 15.7. The lowest BCUT2D eigenvalue weighted by Gasteiger charge is -2.09. The minimum atomic E-state index is -0.0919. The van der Waals surface area contributed by atoms with Crippen LogP contribution >= 0.6 is 0 Å². The van der Waals surface area contributed by atoms with Gasteiger partial charge in [-0.3, -0.25) is 0 Å². The van der Waals surface area contributed by atoms with Gasteiger partial charge in [0.1, 0.15) is 12.2 Å². The van der Waals surface area contributed by atoms with Crippen LogP contribution < -0.4 is 25.7 Å². The molecule has 0 bridgehead atoms. The topological polar surface area (TPSA) is 130 Å². The molecule has 1 aromatic carbocycles. The van der Waals surface area contributed by atoms with E-state index in [1.807, 2.05) is 25.1 Å². The monoisotopic (exact) mass is 372 g/mol. The second kappa shape index (κ2) is 9.95. The maximum Gasteiger partial charge on any atom is 0.218 e. The molecule has 0 aliphatic heterocycles. The van der Waals surface area contributed by atoms with Crippen molar-refractivity contribution in [2.24, 2.45) is 21.5 Å². The molecule has 0 amide bonds. The average Bonchev–Trinajstić information content (AvgIpc) is 2.66. The predicted molar refractivity (Wildman–Crippen MR) is 104 cm³/mol. The molecule has 1 aromatic heterocycles. The number of methoxy groups -OCH3 is 2. The molecule has 0 atom stereocenters. The summed E-state index contributed by atoms with van der Waals surface area (Å²) in [6.45, 7) is 2.58. The third-order valence-electron chi connectivity index (χ3n) is 3.39. The first kappa shape index (κ1) is 20.0. The van der Waals surface area contributed by atoms with Crippen LogP contribution in [0.25, 0.3) is 0 Å². The van der Waals surface area contributed by atoms with Gasteiger partial charge in [0.25, 0.3) is 0 Å². The van der Waals surface area contributed by atoms with Gasteiger partial charge in [0.2, 0.25) is 5.88 Å². The Balaban J connectivity index is 2.30. The van der Waals surface area contributed by atoms with Crippen molar-refractivity contribution in [1.29, 1.82) is 0 Å². The molecule has 144 valence electrons. The van der Waals surface area contributed by atoms with Crippen molar-refractivity contribution < 1.29 is 14.2 Å². The van der Waals surface area contributed by atoms with Crippen molar-refractivity contribution in [3.05, 3.63) is 36.2 Å². The van der Waals surface area contributed by atoms with Gasteiger partial charge < -0.3 is 25.7 Å². The van der Waals surface area contributed by atoms with E-state index in [1.165, 1.54) is 6.33 Å². The summed E-state index contributed by atoms with van der Waals surface area (Å²) >= 11 is 0. The van der Waals surface area contributed by atoms with Crippen LogP contribution in [0.5, 0.6) is 17.4 Å². The quantitative estimate of drug-likeness (QED) is 0.534. The van der Waals surface area contributed by atoms with Gasteiger partial charge in [-0.15, -0.1) is 0 Å². The van der Waals surface area contributed by atoms with Gasteiger partial charge in [0.15, 0.2) is 23.3 Å². The lowest BCUT2D eigenvalue weighted by atomic mass is 10.1. The van der Waals surface area contributed by atoms with Crippen LogP contribution in [-0.2, 0) is 6.42 Å². The van der Waals surface area contributed by atoms with Crippen LogP contribution in [0.3, 0.4) is 0 Å². The van der Waals surface area contributed by atoms with Gasteiger partial charge in [0, 0.05) is 12.5 Å². The molecule has 0 saturated heterocycles. The first-order valence-electron chi connectivity index (χ1n) is 8.38. The maximum absolute atomic E-state index is 5.54. The summed E-state index contributed by atoms with van der Waals surface area (Å²) in [4.78, 5) is 16.7. The first-order valence-corrected chi connectivity index (χ1v) is 8.38. The Bertz CT molecular complexity index is 818. The summed E-state index contributed by atoms with van der Waals surface area (Å²) in [5.41, 5.74) is 12.0. The number of benzene rings is 1. The van der Waals surface area contributed by atoms with E-state index in [2.05, 4.69) is 20.0 Å². The van der Waals surface area contributed by atoms with Crippen molar-refractivity contribution in [1.82, 2.24) is 9.97 Å². The van der Waals surface area contributed by atoms with Crippen molar-refractivity contribution in [3.8, 4) is 17.4 Å². The minimum absolute atomic E-state index is 0.0919. The smallest absolute Gasteiger partial charge is 0.218 e. The number of nitrogens with zero attached hydrogens (tertiary/aromatic N) is 4. The average molecular weight is 372 g/mol. The van der Waals surface area contributed by atoms with Crippen molar-refractivity contribution in [3.63, 3.8) is 0 Å². The Labute approximate surface area is 158 Å². The molecule has 9 heteroatoms. The fourth-order valence-electron chi connectivity index (χ4n) is 2.24. The third-order valence-corrected chi connectivity index (χ3v) is 3.39. The van der Waals surface area contributed by atoms with Crippen LogP contribution in [0, 0.1) is 0 Å². The zero-order chi connectivity index (χ0) is 19.6. The largest absolute Gasteiger partial charge is 0.493 e. The minimum Gasteiger partial charge on any atom is -0.493 e.